The summed E-state index contributed by atoms with van der Waals surface area (Å²) >= 11 is 0. The molecule has 1 saturated carbocycles. The van der Waals surface area contributed by atoms with Gasteiger partial charge in [0.15, 0.2) is 11.5 Å². The number of benzene rings is 1. The zero-order valence-corrected chi connectivity index (χ0v) is 12.0. The fourth-order valence-corrected chi connectivity index (χ4v) is 2.54. The third-order valence-corrected chi connectivity index (χ3v) is 3.38. The summed E-state index contributed by atoms with van der Waals surface area (Å²) in [4.78, 5) is 23.1. The summed E-state index contributed by atoms with van der Waals surface area (Å²) in [5.74, 6) is 1.40. The van der Waals surface area contributed by atoms with Crippen LogP contribution in [0.5, 0.6) is 11.5 Å². The maximum absolute atomic E-state index is 11.6. The van der Waals surface area contributed by atoms with Crippen LogP contribution in [0.4, 0.5) is 0 Å². The van der Waals surface area contributed by atoms with Crippen LogP contribution in [0.3, 0.4) is 0 Å². The van der Waals surface area contributed by atoms with E-state index in [2.05, 4.69) is 0 Å². The van der Waals surface area contributed by atoms with Crippen LogP contribution in [0.15, 0.2) is 18.2 Å². The Kier molecular flexibility index (Phi) is 4.77. The average molecular weight is 276 g/mol. The van der Waals surface area contributed by atoms with Crippen molar-refractivity contribution in [1.82, 2.24) is 0 Å². The Labute approximate surface area is 119 Å². The van der Waals surface area contributed by atoms with Crippen LogP contribution in [-0.2, 0) is 9.59 Å². The van der Waals surface area contributed by atoms with Crippen molar-refractivity contribution in [3.05, 3.63) is 23.8 Å². The third kappa shape index (κ3) is 3.38. The van der Waals surface area contributed by atoms with E-state index in [1.54, 1.807) is 0 Å². The molecule has 0 N–H and O–H groups in total. The van der Waals surface area contributed by atoms with Crippen molar-refractivity contribution in [1.29, 1.82) is 0 Å². The SMILES string of the molecule is CCOc1ccc(C2CC(=O)CC(=O)C2)cc1OCC. The second-order valence-electron chi connectivity index (χ2n) is 4.93. The van der Waals surface area contributed by atoms with E-state index in [0.717, 1.165) is 5.56 Å². The first kappa shape index (κ1) is 14.6. The van der Waals surface area contributed by atoms with Gasteiger partial charge in [0.25, 0.3) is 0 Å². The molecule has 4 nitrogen and oxygen atoms in total. The van der Waals surface area contributed by atoms with E-state index >= 15 is 0 Å². The number of Topliss-reactive ketones (excluding diaryl/α,β-unsaturated/α-hetero) is 2. The molecule has 1 aromatic carbocycles. The minimum absolute atomic E-state index is 0.0260. The number of ether oxygens (including phenoxy) is 2. The van der Waals surface area contributed by atoms with E-state index < -0.39 is 0 Å². The molecule has 0 heterocycles. The molecule has 1 fully saturated rings. The monoisotopic (exact) mass is 276 g/mol. The molecule has 0 spiro atoms. The van der Waals surface area contributed by atoms with Crippen molar-refractivity contribution < 1.29 is 19.1 Å². The van der Waals surface area contributed by atoms with Crippen molar-refractivity contribution >= 4 is 11.6 Å². The molecular weight excluding hydrogens is 256 g/mol. The number of hydrogen-bond acceptors (Lipinski definition) is 4. The van der Waals surface area contributed by atoms with E-state index in [0.29, 0.717) is 37.6 Å². The molecule has 0 unspecified atom stereocenters. The zero-order valence-electron chi connectivity index (χ0n) is 12.0. The van der Waals surface area contributed by atoms with Gasteiger partial charge in [-0.15, -0.1) is 0 Å². The Bertz CT molecular complexity index is 491. The number of ketones is 2. The van der Waals surface area contributed by atoms with E-state index in [4.69, 9.17) is 9.47 Å². The van der Waals surface area contributed by atoms with Gasteiger partial charge in [0.1, 0.15) is 11.6 Å². The van der Waals surface area contributed by atoms with Crippen LogP contribution in [-0.4, -0.2) is 24.8 Å². The second-order valence-corrected chi connectivity index (χ2v) is 4.93. The molecule has 0 saturated heterocycles. The lowest BCUT2D eigenvalue weighted by atomic mass is 9.82. The number of carbonyl (C=O) groups is 2. The lowest BCUT2D eigenvalue weighted by Crippen LogP contribution is -2.21. The van der Waals surface area contributed by atoms with Crippen LogP contribution in [0.2, 0.25) is 0 Å². The third-order valence-electron chi connectivity index (χ3n) is 3.38. The van der Waals surface area contributed by atoms with Crippen LogP contribution in [0, 0.1) is 0 Å². The minimum atomic E-state index is -0.0290. The van der Waals surface area contributed by atoms with Gasteiger partial charge in [-0.1, -0.05) is 6.07 Å². The van der Waals surface area contributed by atoms with Gasteiger partial charge in [0.05, 0.1) is 19.6 Å². The van der Waals surface area contributed by atoms with Crippen LogP contribution in [0.25, 0.3) is 0 Å². The molecule has 0 aromatic heterocycles. The molecule has 1 aliphatic carbocycles. The molecule has 0 aliphatic heterocycles. The van der Waals surface area contributed by atoms with Crippen LogP contribution in [0.1, 0.15) is 44.6 Å². The molecule has 4 heteroatoms. The zero-order chi connectivity index (χ0) is 14.5. The maximum atomic E-state index is 11.6. The van der Waals surface area contributed by atoms with Gasteiger partial charge in [-0.25, -0.2) is 0 Å². The molecule has 0 atom stereocenters. The average Bonchev–Trinajstić information content (AvgIpc) is 2.40. The fraction of sp³-hybridized carbons (Fsp3) is 0.500. The highest BCUT2D eigenvalue weighted by Crippen LogP contribution is 2.35. The van der Waals surface area contributed by atoms with Crippen LogP contribution >= 0.6 is 0 Å². The van der Waals surface area contributed by atoms with Gasteiger partial charge in [0.2, 0.25) is 0 Å². The first-order valence-corrected chi connectivity index (χ1v) is 7.07. The highest BCUT2D eigenvalue weighted by atomic mass is 16.5. The lowest BCUT2D eigenvalue weighted by molar-refractivity contribution is -0.130. The number of carbonyl (C=O) groups excluding carboxylic acids is 2. The van der Waals surface area contributed by atoms with Gasteiger partial charge >= 0.3 is 0 Å². The molecule has 108 valence electrons. The first-order valence-electron chi connectivity index (χ1n) is 7.07. The van der Waals surface area contributed by atoms with E-state index in [9.17, 15) is 9.59 Å². The van der Waals surface area contributed by atoms with Crippen molar-refractivity contribution in [3.8, 4) is 11.5 Å². The molecule has 20 heavy (non-hydrogen) atoms. The Morgan fingerprint density at radius 1 is 1.00 bits per heavy atom. The highest BCUT2D eigenvalue weighted by molar-refractivity contribution is 6.02. The second kappa shape index (κ2) is 6.55. The van der Waals surface area contributed by atoms with E-state index in [-0.39, 0.29) is 23.9 Å². The molecule has 0 bridgehead atoms. The molecular formula is C16H20O4. The largest absolute Gasteiger partial charge is 0.490 e. The standard InChI is InChI=1S/C16H20O4/c1-3-19-15-6-5-11(9-16(15)20-4-2)12-7-13(17)10-14(18)8-12/h5-6,9,12H,3-4,7-8,10H2,1-2H3. The predicted octanol–water partition coefficient (Wildman–Crippen LogP) is 2.89. The van der Waals surface area contributed by atoms with Gasteiger partial charge in [0, 0.05) is 12.8 Å². The fourth-order valence-electron chi connectivity index (χ4n) is 2.54. The summed E-state index contributed by atoms with van der Waals surface area (Å²) in [5.41, 5.74) is 0.971. The summed E-state index contributed by atoms with van der Waals surface area (Å²) < 4.78 is 11.1. The van der Waals surface area contributed by atoms with E-state index in [1.807, 2.05) is 32.0 Å². The number of rotatable bonds is 5. The Morgan fingerprint density at radius 3 is 2.20 bits per heavy atom. The van der Waals surface area contributed by atoms with Gasteiger partial charge in [-0.2, -0.15) is 0 Å². The topological polar surface area (TPSA) is 52.6 Å². The molecule has 0 amide bonds. The maximum Gasteiger partial charge on any atom is 0.161 e. The van der Waals surface area contributed by atoms with Crippen LogP contribution < -0.4 is 9.47 Å². The summed E-state index contributed by atoms with van der Waals surface area (Å²) in [5, 5.41) is 0. The van der Waals surface area contributed by atoms with Gasteiger partial charge < -0.3 is 9.47 Å². The lowest BCUT2D eigenvalue weighted by Gasteiger charge is -2.21. The predicted molar refractivity (Wildman–Crippen MR) is 75.4 cm³/mol. The Morgan fingerprint density at radius 2 is 1.60 bits per heavy atom. The summed E-state index contributed by atoms with van der Waals surface area (Å²) in [6.45, 7) is 4.95. The number of hydrogen-bond donors (Lipinski definition) is 0. The summed E-state index contributed by atoms with van der Waals surface area (Å²) in [6.07, 6.45) is 0.961. The highest BCUT2D eigenvalue weighted by Gasteiger charge is 2.27. The van der Waals surface area contributed by atoms with E-state index in [1.165, 1.54) is 0 Å². The quantitative estimate of drug-likeness (QED) is 0.776. The summed E-state index contributed by atoms with van der Waals surface area (Å²) in [7, 11) is 0. The Balaban J connectivity index is 2.25. The minimum Gasteiger partial charge on any atom is -0.490 e. The van der Waals surface area contributed by atoms with Crippen molar-refractivity contribution in [3.63, 3.8) is 0 Å². The normalized spacial score (nSPS) is 16.3. The van der Waals surface area contributed by atoms with Gasteiger partial charge in [-0.3, -0.25) is 9.59 Å². The molecule has 1 aromatic rings. The van der Waals surface area contributed by atoms with Gasteiger partial charge in [-0.05, 0) is 37.5 Å². The van der Waals surface area contributed by atoms with Crippen molar-refractivity contribution in [2.75, 3.05) is 13.2 Å². The Hall–Kier alpha value is -1.84. The smallest absolute Gasteiger partial charge is 0.161 e. The summed E-state index contributed by atoms with van der Waals surface area (Å²) in [6, 6.07) is 5.67. The molecule has 0 radical (unpaired) electrons. The first-order chi connectivity index (χ1) is 9.63. The molecule has 2 rings (SSSR count). The molecule has 1 aliphatic rings. The van der Waals surface area contributed by atoms with Crippen molar-refractivity contribution in [2.45, 2.75) is 39.0 Å². The van der Waals surface area contributed by atoms with Crippen molar-refractivity contribution in [2.24, 2.45) is 0 Å².